The number of nitrogens with zero attached hydrogens (tertiary/aromatic N) is 1. The Labute approximate surface area is 118 Å². The number of rotatable bonds is 4. The number of hydrogen-bond donors (Lipinski definition) is 1. The lowest BCUT2D eigenvalue weighted by atomic mass is 9.74. The van der Waals surface area contributed by atoms with Crippen molar-refractivity contribution in [2.45, 2.75) is 31.8 Å². The van der Waals surface area contributed by atoms with Crippen LogP contribution >= 0.6 is 0 Å². The van der Waals surface area contributed by atoms with Crippen molar-refractivity contribution in [2.24, 2.45) is 11.8 Å². The molecule has 2 fully saturated rings. The zero-order valence-electron chi connectivity index (χ0n) is 11.5. The number of benzene rings is 1. The summed E-state index contributed by atoms with van der Waals surface area (Å²) in [6.45, 7) is 1.54. The first-order valence-corrected chi connectivity index (χ1v) is 7.34. The van der Waals surface area contributed by atoms with Gasteiger partial charge in [-0.25, -0.2) is 4.39 Å². The molecule has 3 rings (SSSR count). The van der Waals surface area contributed by atoms with Crippen LogP contribution in [-0.4, -0.2) is 35.1 Å². The van der Waals surface area contributed by atoms with Crippen molar-refractivity contribution in [3.05, 3.63) is 35.6 Å². The molecule has 1 heterocycles. The lowest BCUT2D eigenvalue weighted by molar-refractivity contribution is -0.130. The molecule has 108 valence electrons. The maximum atomic E-state index is 12.8. The minimum absolute atomic E-state index is 0.189. The van der Waals surface area contributed by atoms with Gasteiger partial charge in [-0.2, -0.15) is 0 Å². The summed E-state index contributed by atoms with van der Waals surface area (Å²) in [5, 5.41) is 9.60. The third kappa shape index (κ3) is 2.70. The van der Waals surface area contributed by atoms with Crippen LogP contribution in [-0.2, 0) is 11.2 Å². The first kappa shape index (κ1) is 13.6. The highest BCUT2D eigenvalue weighted by atomic mass is 19.1. The lowest BCUT2D eigenvalue weighted by Gasteiger charge is -2.34. The van der Waals surface area contributed by atoms with Crippen LogP contribution in [0.1, 0.15) is 24.8 Å². The molecule has 3 atom stereocenters. The maximum Gasteiger partial charge on any atom is 0.222 e. The fourth-order valence-electron chi connectivity index (χ4n) is 3.33. The monoisotopic (exact) mass is 277 g/mol. The second kappa shape index (κ2) is 5.52. The molecule has 2 aliphatic rings. The molecular formula is C16H20FNO2. The number of aliphatic hydroxyl groups excluding tert-OH is 1. The second-order valence-corrected chi connectivity index (χ2v) is 6.01. The molecule has 1 aliphatic heterocycles. The van der Waals surface area contributed by atoms with Gasteiger partial charge in [0, 0.05) is 25.4 Å². The number of aliphatic hydroxyl groups is 1. The Morgan fingerprint density at radius 2 is 2.05 bits per heavy atom. The molecule has 0 bridgehead atoms. The van der Waals surface area contributed by atoms with E-state index in [-0.39, 0.29) is 17.8 Å². The summed E-state index contributed by atoms with van der Waals surface area (Å²) in [6, 6.07) is 6.45. The highest BCUT2D eigenvalue weighted by Crippen LogP contribution is 2.40. The fourth-order valence-corrected chi connectivity index (χ4v) is 3.33. The van der Waals surface area contributed by atoms with Gasteiger partial charge in [0.15, 0.2) is 0 Å². The molecule has 0 spiro atoms. The van der Waals surface area contributed by atoms with Gasteiger partial charge >= 0.3 is 0 Å². The van der Waals surface area contributed by atoms with Gasteiger partial charge in [-0.3, -0.25) is 4.79 Å². The van der Waals surface area contributed by atoms with Crippen molar-refractivity contribution in [3.63, 3.8) is 0 Å². The SMILES string of the molecule is O=C(CCCc1ccc(F)cc1)N1C[C@@H]2C[C@H](O)[C@@H]2C1. The number of likely N-dealkylation sites (tertiary alicyclic amines) is 1. The average molecular weight is 277 g/mol. The molecule has 1 aromatic rings. The van der Waals surface area contributed by atoms with Gasteiger partial charge in [0.1, 0.15) is 5.82 Å². The summed E-state index contributed by atoms with van der Waals surface area (Å²) < 4.78 is 12.8. The molecule has 1 saturated carbocycles. The first-order chi connectivity index (χ1) is 9.63. The minimum atomic E-state index is -0.226. The Balaban J connectivity index is 1.42. The molecule has 1 N–H and O–H groups in total. The van der Waals surface area contributed by atoms with Crippen molar-refractivity contribution < 1.29 is 14.3 Å². The van der Waals surface area contributed by atoms with Gasteiger partial charge in [-0.1, -0.05) is 12.1 Å². The fraction of sp³-hybridized carbons (Fsp3) is 0.562. The van der Waals surface area contributed by atoms with Crippen LogP contribution in [0.15, 0.2) is 24.3 Å². The van der Waals surface area contributed by atoms with E-state index in [0.717, 1.165) is 37.9 Å². The van der Waals surface area contributed by atoms with E-state index in [1.807, 2.05) is 4.90 Å². The summed E-state index contributed by atoms with van der Waals surface area (Å²) in [7, 11) is 0. The predicted molar refractivity (Wildman–Crippen MR) is 73.5 cm³/mol. The number of carbonyl (C=O) groups is 1. The summed E-state index contributed by atoms with van der Waals surface area (Å²) in [5.74, 6) is 0.798. The van der Waals surface area contributed by atoms with Crippen LogP contribution < -0.4 is 0 Å². The molecule has 1 saturated heterocycles. The van der Waals surface area contributed by atoms with E-state index in [0.29, 0.717) is 18.3 Å². The second-order valence-electron chi connectivity index (χ2n) is 6.01. The van der Waals surface area contributed by atoms with Crippen molar-refractivity contribution in [3.8, 4) is 0 Å². The van der Waals surface area contributed by atoms with Gasteiger partial charge in [0.05, 0.1) is 6.10 Å². The van der Waals surface area contributed by atoms with E-state index in [9.17, 15) is 14.3 Å². The molecule has 20 heavy (non-hydrogen) atoms. The number of fused-ring (bicyclic) bond motifs is 1. The zero-order chi connectivity index (χ0) is 14.1. The molecule has 0 aromatic heterocycles. The molecule has 1 amide bonds. The standard InChI is InChI=1S/C16H20FNO2/c17-13-6-4-11(5-7-13)2-1-3-16(20)18-9-12-8-15(19)14(12)10-18/h4-7,12,14-15,19H,1-3,8-10H2/t12-,14+,15-/m0/s1. The summed E-state index contributed by atoms with van der Waals surface area (Å²) in [6.07, 6.45) is 2.78. The van der Waals surface area contributed by atoms with Crippen LogP contribution in [0.4, 0.5) is 4.39 Å². The average Bonchev–Trinajstić information content (AvgIpc) is 2.78. The topological polar surface area (TPSA) is 40.5 Å². The number of aryl methyl sites for hydroxylation is 1. The summed E-state index contributed by atoms with van der Waals surface area (Å²) in [4.78, 5) is 14.0. The molecule has 0 unspecified atom stereocenters. The van der Waals surface area contributed by atoms with Gasteiger partial charge in [0.25, 0.3) is 0 Å². The molecular weight excluding hydrogens is 257 g/mol. The normalized spacial score (nSPS) is 28.1. The van der Waals surface area contributed by atoms with Crippen molar-refractivity contribution in [1.29, 1.82) is 0 Å². The van der Waals surface area contributed by atoms with E-state index in [2.05, 4.69) is 0 Å². The zero-order valence-corrected chi connectivity index (χ0v) is 11.5. The minimum Gasteiger partial charge on any atom is -0.393 e. The van der Waals surface area contributed by atoms with Crippen LogP contribution in [0.2, 0.25) is 0 Å². The van der Waals surface area contributed by atoms with Crippen molar-refractivity contribution in [2.75, 3.05) is 13.1 Å². The largest absolute Gasteiger partial charge is 0.393 e. The smallest absolute Gasteiger partial charge is 0.222 e. The molecule has 1 aromatic carbocycles. The number of hydrogen-bond acceptors (Lipinski definition) is 2. The summed E-state index contributed by atoms with van der Waals surface area (Å²) in [5.41, 5.74) is 1.07. The quantitative estimate of drug-likeness (QED) is 0.914. The Bertz CT molecular complexity index is 488. The van der Waals surface area contributed by atoms with Gasteiger partial charge < -0.3 is 10.0 Å². The van der Waals surface area contributed by atoms with Crippen LogP contribution in [0.3, 0.4) is 0 Å². The van der Waals surface area contributed by atoms with Gasteiger partial charge in [-0.15, -0.1) is 0 Å². The Hall–Kier alpha value is -1.42. The maximum absolute atomic E-state index is 12.8. The lowest BCUT2D eigenvalue weighted by Crippen LogP contribution is -2.39. The Morgan fingerprint density at radius 3 is 2.70 bits per heavy atom. The van der Waals surface area contributed by atoms with E-state index in [4.69, 9.17) is 0 Å². The van der Waals surface area contributed by atoms with E-state index < -0.39 is 0 Å². The van der Waals surface area contributed by atoms with Crippen LogP contribution in [0, 0.1) is 17.7 Å². The van der Waals surface area contributed by atoms with E-state index in [1.165, 1.54) is 12.1 Å². The first-order valence-electron chi connectivity index (χ1n) is 7.34. The highest BCUT2D eigenvalue weighted by molar-refractivity contribution is 5.76. The summed E-state index contributed by atoms with van der Waals surface area (Å²) >= 11 is 0. The molecule has 0 radical (unpaired) electrons. The van der Waals surface area contributed by atoms with Crippen molar-refractivity contribution >= 4 is 5.91 Å². The van der Waals surface area contributed by atoms with Gasteiger partial charge in [0.2, 0.25) is 5.91 Å². The number of carbonyl (C=O) groups excluding carboxylic acids is 1. The Kier molecular flexibility index (Phi) is 3.74. The molecule has 3 nitrogen and oxygen atoms in total. The predicted octanol–water partition coefficient (Wildman–Crippen LogP) is 1.99. The number of amides is 1. The van der Waals surface area contributed by atoms with Crippen LogP contribution in [0.25, 0.3) is 0 Å². The third-order valence-electron chi connectivity index (χ3n) is 4.65. The Morgan fingerprint density at radius 1 is 1.30 bits per heavy atom. The third-order valence-corrected chi connectivity index (χ3v) is 4.65. The van der Waals surface area contributed by atoms with Gasteiger partial charge in [-0.05, 0) is 42.9 Å². The van der Waals surface area contributed by atoms with E-state index in [1.54, 1.807) is 12.1 Å². The molecule has 4 heteroatoms. The van der Waals surface area contributed by atoms with E-state index >= 15 is 0 Å². The highest BCUT2D eigenvalue weighted by Gasteiger charge is 2.47. The van der Waals surface area contributed by atoms with Crippen molar-refractivity contribution in [1.82, 2.24) is 4.90 Å². The number of halogens is 1. The van der Waals surface area contributed by atoms with Crippen LogP contribution in [0.5, 0.6) is 0 Å². The molecule has 1 aliphatic carbocycles.